The van der Waals surface area contributed by atoms with Gasteiger partial charge in [0.15, 0.2) is 0 Å². The van der Waals surface area contributed by atoms with E-state index in [1.165, 1.54) is 25.7 Å². The summed E-state index contributed by atoms with van der Waals surface area (Å²) in [4.78, 5) is 26.5. The molecule has 3 fully saturated rings. The molecule has 4 nitrogen and oxygen atoms in total. The van der Waals surface area contributed by atoms with Crippen molar-refractivity contribution in [2.75, 3.05) is 13.1 Å². The Bertz CT molecular complexity index is 437. The van der Waals surface area contributed by atoms with Gasteiger partial charge < -0.3 is 10.2 Å². The van der Waals surface area contributed by atoms with E-state index < -0.39 is 0 Å². The van der Waals surface area contributed by atoms with Crippen LogP contribution in [0.5, 0.6) is 0 Å². The van der Waals surface area contributed by atoms with Gasteiger partial charge in [0.05, 0.1) is 0 Å². The molecule has 4 heteroatoms. The molecule has 0 bridgehead atoms. The first kappa shape index (κ1) is 15.8. The molecule has 5 unspecified atom stereocenters. The molecular weight excluding hydrogens is 276 g/mol. The lowest BCUT2D eigenvalue weighted by atomic mass is 9.72. The summed E-state index contributed by atoms with van der Waals surface area (Å²) in [6.45, 7) is 5.87. The van der Waals surface area contributed by atoms with Crippen molar-refractivity contribution in [1.29, 1.82) is 0 Å². The number of carbonyl (C=O) groups excluding carboxylic acids is 2. The largest absolute Gasteiger partial charge is 0.355 e. The summed E-state index contributed by atoms with van der Waals surface area (Å²) < 4.78 is 0. The standard InChI is InChI=1S/C18H30N2O2/c1-12-8-10-20(16-6-4-3-5-14(12)16)17(21)7-9-19-18(22)15-11-13(15)2/h12-16H,3-11H2,1-2H3,(H,19,22). The molecule has 1 saturated heterocycles. The number of fused-ring (bicyclic) bond motifs is 1. The highest BCUT2D eigenvalue weighted by molar-refractivity contribution is 5.82. The second kappa shape index (κ2) is 6.59. The summed E-state index contributed by atoms with van der Waals surface area (Å²) in [5.41, 5.74) is 0. The van der Waals surface area contributed by atoms with Crippen LogP contribution in [0.3, 0.4) is 0 Å². The number of nitrogens with one attached hydrogen (secondary N) is 1. The van der Waals surface area contributed by atoms with Crippen LogP contribution in [-0.4, -0.2) is 35.8 Å². The Hall–Kier alpha value is -1.06. The maximum atomic E-state index is 12.6. The van der Waals surface area contributed by atoms with Crippen molar-refractivity contribution < 1.29 is 9.59 Å². The quantitative estimate of drug-likeness (QED) is 0.868. The van der Waals surface area contributed by atoms with Crippen LogP contribution in [0.4, 0.5) is 0 Å². The van der Waals surface area contributed by atoms with Crippen molar-refractivity contribution in [2.45, 2.75) is 64.8 Å². The van der Waals surface area contributed by atoms with Crippen LogP contribution in [0.15, 0.2) is 0 Å². The van der Waals surface area contributed by atoms with Gasteiger partial charge in [0.2, 0.25) is 11.8 Å². The van der Waals surface area contributed by atoms with Gasteiger partial charge in [-0.15, -0.1) is 0 Å². The molecular formula is C18H30N2O2. The highest BCUT2D eigenvalue weighted by Crippen LogP contribution is 2.39. The number of amides is 2. The van der Waals surface area contributed by atoms with Gasteiger partial charge >= 0.3 is 0 Å². The summed E-state index contributed by atoms with van der Waals surface area (Å²) in [6, 6.07) is 0.462. The van der Waals surface area contributed by atoms with E-state index in [1.807, 2.05) is 0 Å². The lowest BCUT2D eigenvalue weighted by molar-refractivity contribution is -0.139. The third-order valence-electron chi connectivity index (χ3n) is 6.14. The Morgan fingerprint density at radius 1 is 1.09 bits per heavy atom. The van der Waals surface area contributed by atoms with Crippen LogP contribution >= 0.6 is 0 Å². The topological polar surface area (TPSA) is 49.4 Å². The van der Waals surface area contributed by atoms with Gasteiger partial charge in [-0.1, -0.05) is 26.7 Å². The summed E-state index contributed by atoms with van der Waals surface area (Å²) in [6.07, 6.45) is 7.65. The third kappa shape index (κ3) is 3.31. The number of likely N-dealkylation sites (tertiary alicyclic amines) is 1. The minimum absolute atomic E-state index is 0.142. The van der Waals surface area contributed by atoms with Gasteiger partial charge in [-0.3, -0.25) is 9.59 Å². The van der Waals surface area contributed by atoms with Crippen LogP contribution in [0.25, 0.3) is 0 Å². The Morgan fingerprint density at radius 2 is 1.82 bits per heavy atom. The van der Waals surface area contributed by atoms with Gasteiger partial charge in [0.1, 0.15) is 0 Å². The fourth-order valence-electron chi connectivity index (χ4n) is 4.48. The molecule has 2 amide bonds. The van der Waals surface area contributed by atoms with Crippen LogP contribution in [-0.2, 0) is 9.59 Å². The van der Waals surface area contributed by atoms with Crippen LogP contribution < -0.4 is 5.32 Å². The van der Waals surface area contributed by atoms with Crippen molar-refractivity contribution in [3.63, 3.8) is 0 Å². The lowest BCUT2D eigenvalue weighted by Crippen LogP contribution is -2.52. The van der Waals surface area contributed by atoms with Crippen molar-refractivity contribution in [3.8, 4) is 0 Å². The Labute approximate surface area is 134 Å². The van der Waals surface area contributed by atoms with E-state index in [1.54, 1.807) is 0 Å². The van der Waals surface area contributed by atoms with Crippen molar-refractivity contribution in [3.05, 3.63) is 0 Å². The molecule has 0 radical (unpaired) electrons. The molecule has 0 aromatic rings. The molecule has 0 aromatic heterocycles. The van der Waals surface area contributed by atoms with Crippen molar-refractivity contribution in [2.24, 2.45) is 23.7 Å². The monoisotopic (exact) mass is 306 g/mol. The van der Waals surface area contributed by atoms with Crippen molar-refractivity contribution in [1.82, 2.24) is 10.2 Å². The van der Waals surface area contributed by atoms with E-state index in [4.69, 9.17) is 0 Å². The predicted molar refractivity (Wildman–Crippen MR) is 86.1 cm³/mol. The Balaban J connectivity index is 1.47. The fraction of sp³-hybridized carbons (Fsp3) is 0.889. The average Bonchev–Trinajstić information content (AvgIpc) is 3.25. The molecule has 2 aliphatic carbocycles. The first-order valence-electron chi connectivity index (χ1n) is 9.15. The Kier molecular flexibility index (Phi) is 4.74. The van der Waals surface area contributed by atoms with Crippen LogP contribution in [0.2, 0.25) is 0 Å². The molecule has 5 atom stereocenters. The van der Waals surface area contributed by atoms with E-state index in [0.717, 1.165) is 25.3 Å². The molecule has 0 aromatic carbocycles. The summed E-state index contributed by atoms with van der Waals surface area (Å²) in [7, 11) is 0. The average molecular weight is 306 g/mol. The van der Waals surface area contributed by atoms with Crippen LogP contribution in [0.1, 0.15) is 58.8 Å². The molecule has 1 heterocycles. The predicted octanol–water partition coefficient (Wildman–Crippen LogP) is 2.58. The first-order chi connectivity index (χ1) is 10.6. The molecule has 2 saturated carbocycles. The third-order valence-corrected chi connectivity index (χ3v) is 6.14. The number of carbonyl (C=O) groups is 2. The fourth-order valence-corrected chi connectivity index (χ4v) is 4.48. The smallest absolute Gasteiger partial charge is 0.224 e. The van der Waals surface area contributed by atoms with E-state index in [9.17, 15) is 9.59 Å². The summed E-state index contributed by atoms with van der Waals surface area (Å²) >= 11 is 0. The van der Waals surface area contributed by atoms with Gasteiger partial charge in [0.25, 0.3) is 0 Å². The highest BCUT2D eigenvalue weighted by atomic mass is 16.2. The SMILES string of the molecule is CC1CC1C(=O)NCCC(=O)N1CCC(C)C2CCCCC21. The van der Waals surface area contributed by atoms with Crippen molar-refractivity contribution >= 4 is 11.8 Å². The van der Waals surface area contributed by atoms with Gasteiger partial charge in [-0.25, -0.2) is 0 Å². The molecule has 1 N–H and O–H groups in total. The summed E-state index contributed by atoms with van der Waals surface area (Å²) in [5.74, 6) is 2.57. The number of piperidine rings is 1. The molecule has 3 aliphatic rings. The van der Waals surface area contributed by atoms with E-state index in [2.05, 4.69) is 24.1 Å². The number of hydrogen-bond donors (Lipinski definition) is 1. The molecule has 1 aliphatic heterocycles. The van der Waals surface area contributed by atoms with Gasteiger partial charge in [-0.05, 0) is 43.4 Å². The zero-order valence-electron chi connectivity index (χ0n) is 14.0. The molecule has 124 valence electrons. The highest BCUT2D eigenvalue weighted by Gasteiger charge is 2.40. The van der Waals surface area contributed by atoms with E-state index in [-0.39, 0.29) is 17.7 Å². The zero-order chi connectivity index (χ0) is 15.7. The number of rotatable bonds is 4. The lowest BCUT2D eigenvalue weighted by Gasteiger charge is -2.47. The maximum absolute atomic E-state index is 12.6. The second-order valence-corrected chi connectivity index (χ2v) is 7.73. The second-order valence-electron chi connectivity index (χ2n) is 7.73. The minimum Gasteiger partial charge on any atom is -0.355 e. The summed E-state index contributed by atoms with van der Waals surface area (Å²) in [5, 5.41) is 2.94. The normalized spacial score (nSPS) is 37.4. The number of hydrogen-bond acceptors (Lipinski definition) is 2. The number of nitrogens with zero attached hydrogens (tertiary/aromatic N) is 1. The van der Waals surface area contributed by atoms with Crippen LogP contribution in [0, 0.1) is 23.7 Å². The van der Waals surface area contributed by atoms with Gasteiger partial charge in [0, 0.05) is 31.5 Å². The van der Waals surface area contributed by atoms with Gasteiger partial charge in [-0.2, -0.15) is 0 Å². The molecule has 22 heavy (non-hydrogen) atoms. The molecule has 3 rings (SSSR count). The minimum atomic E-state index is 0.142. The maximum Gasteiger partial charge on any atom is 0.224 e. The zero-order valence-corrected chi connectivity index (χ0v) is 14.0. The Morgan fingerprint density at radius 3 is 2.55 bits per heavy atom. The molecule has 0 spiro atoms. The first-order valence-corrected chi connectivity index (χ1v) is 9.15. The van der Waals surface area contributed by atoms with E-state index in [0.29, 0.717) is 30.8 Å². The van der Waals surface area contributed by atoms with E-state index >= 15 is 0 Å².